The first-order valence-corrected chi connectivity index (χ1v) is 7.99. The number of fused-ring (bicyclic) bond motifs is 5. The number of amides is 2. The molecule has 1 heterocycles. The lowest BCUT2D eigenvalue weighted by Crippen LogP contribution is -2.37. The smallest absolute Gasteiger partial charge is 0.322 e. The first-order valence-electron chi connectivity index (χ1n) is 7.20. The molecule has 21 heavy (non-hydrogen) atoms. The van der Waals surface area contributed by atoms with Gasteiger partial charge in [-0.25, -0.2) is 0 Å². The summed E-state index contributed by atoms with van der Waals surface area (Å²) in [6.45, 7) is 3.58. The van der Waals surface area contributed by atoms with Crippen LogP contribution >= 0.6 is 15.9 Å². The highest BCUT2D eigenvalue weighted by molar-refractivity contribution is 9.10. The number of allylic oxidation sites excluding steroid dienone is 2. The molecule has 4 atom stereocenters. The van der Waals surface area contributed by atoms with Crippen molar-refractivity contribution < 1.29 is 19.1 Å². The molecule has 0 aromatic heterocycles. The van der Waals surface area contributed by atoms with Crippen molar-refractivity contribution in [2.75, 3.05) is 13.2 Å². The van der Waals surface area contributed by atoms with Gasteiger partial charge in [0.25, 0.3) is 0 Å². The van der Waals surface area contributed by atoms with E-state index in [1.807, 2.05) is 0 Å². The summed E-state index contributed by atoms with van der Waals surface area (Å²) in [7, 11) is 0. The number of ether oxygens (including phenoxy) is 1. The summed E-state index contributed by atoms with van der Waals surface area (Å²) in [4.78, 5) is 37.7. The first kappa shape index (κ1) is 14.8. The van der Waals surface area contributed by atoms with Crippen molar-refractivity contribution in [3.8, 4) is 0 Å². The van der Waals surface area contributed by atoms with Crippen molar-refractivity contribution in [1.29, 1.82) is 0 Å². The van der Waals surface area contributed by atoms with Crippen LogP contribution in [-0.4, -0.2) is 40.2 Å². The average molecular weight is 356 g/mol. The predicted molar refractivity (Wildman–Crippen MR) is 78.4 cm³/mol. The highest BCUT2D eigenvalue weighted by Gasteiger charge is 2.59. The molecule has 2 bridgehead atoms. The molecule has 0 aromatic carbocycles. The highest BCUT2D eigenvalue weighted by Crippen LogP contribution is 2.52. The van der Waals surface area contributed by atoms with Gasteiger partial charge in [-0.15, -0.1) is 0 Å². The van der Waals surface area contributed by atoms with Crippen molar-refractivity contribution in [1.82, 2.24) is 4.90 Å². The number of imide groups is 1. The Balaban J connectivity index is 1.60. The zero-order chi connectivity index (χ0) is 15.4. The van der Waals surface area contributed by atoms with Crippen LogP contribution in [0.1, 0.15) is 20.3 Å². The molecule has 2 fully saturated rings. The SMILES string of the molecule is CC(C)(Br)C(=O)OCCN1C(=O)C2C3C=CC(C3)C2C1=O. The minimum Gasteiger partial charge on any atom is -0.463 e. The van der Waals surface area contributed by atoms with Crippen LogP contribution < -0.4 is 0 Å². The van der Waals surface area contributed by atoms with Gasteiger partial charge >= 0.3 is 5.97 Å². The van der Waals surface area contributed by atoms with E-state index in [-0.39, 0.29) is 48.6 Å². The lowest BCUT2D eigenvalue weighted by Gasteiger charge is -2.19. The Morgan fingerprint density at radius 1 is 1.29 bits per heavy atom. The van der Waals surface area contributed by atoms with Gasteiger partial charge in [0.1, 0.15) is 10.9 Å². The molecule has 0 spiro atoms. The fraction of sp³-hybridized carbons (Fsp3) is 0.667. The first-order chi connectivity index (χ1) is 9.80. The summed E-state index contributed by atoms with van der Waals surface area (Å²) in [5, 5.41) is 0. The molecule has 6 heteroatoms. The average Bonchev–Trinajstić information content (AvgIpc) is 3.06. The van der Waals surface area contributed by atoms with Crippen LogP contribution in [0.2, 0.25) is 0 Å². The summed E-state index contributed by atoms with van der Waals surface area (Å²) in [5.41, 5.74) is 0. The van der Waals surface area contributed by atoms with E-state index in [0.717, 1.165) is 6.42 Å². The van der Waals surface area contributed by atoms with Crippen LogP contribution in [0.5, 0.6) is 0 Å². The van der Waals surface area contributed by atoms with Crippen LogP contribution in [0.15, 0.2) is 12.2 Å². The number of rotatable bonds is 4. The number of likely N-dealkylation sites (tertiary alicyclic amines) is 1. The van der Waals surface area contributed by atoms with Crippen molar-refractivity contribution in [2.45, 2.75) is 24.6 Å². The van der Waals surface area contributed by atoms with Gasteiger partial charge in [0, 0.05) is 0 Å². The standard InChI is InChI=1S/C15H18BrNO4/c1-15(2,16)14(20)21-6-5-17-12(18)10-8-3-4-9(7-8)11(10)13(17)19/h3-4,8-11H,5-7H2,1-2H3. The van der Waals surface area contributed by atoms with E-state index in [1.165, 1.54) is 4.90 Å². The van der Waals surface area contributed by atoms with E-state index in [9.17, 15) is 14.4 Å². The lowest BCUT2D eigenvalue weighted by molar-refractivity contribution is -0.150. The van der Waals surface area contributed by atoms with E-state index < -0.39 is 10.3 Å². The van der Waals surface area contributed by atoms with Gasteiger partial charge in [-0.2, -0.15) is 0 Å². The van der Waals surface area contributed by atoms with Crippen molar-refractivity contribution in [2.24, 2.45) is 23.7 Å². The maximum Gasteiger partial charge on any atom is 0.322 e. The van der Waals surface area contributed by atoms with Gasteiger partial charge in [-0.05, 0) is 32.1 Å². The molecule has 1 aliphatic heterocycles. The van der Waals surface area contributed by atoms with Crippen LogP contribution in [0.4, 0.5) is 0 Å². The van der Waals surface area contributed by atoms with E-state index in [2.05, 4.69) is 28.1 Å². The zero-order valence-corrected chi connectivity index (χ0v) is 13.6. The van der Waals surface area contributed by atoms with E-state index in [0.29, 0.717) is 0 Å². The third-order valence-electron chi connectivity index (χ3n) is 4.60. The summed E-state index contributed by atoms with van der Waals surface area (Å²) >= 11 is 3.21. The predicted octanol–water partition coefficient (Wildman–Crippen LogP) is 1.51. The number of esters is 1. The topological polar surface area (TPSA) is 63.7 Å². The Kier molecular flexibility index (Phi) is 3.47. The van der Waals surface area contributed by atoms with E-state index >= 15 is 0 Å². The molecular weight excluding hydrogens is 338 g/mol. The third-order valence-corrected chi connectivity index (χ3v) is 4.92. The Morgan fingerprint density at radius 3 is 2.29 bits per heavy atom. The van der Waals surface area contributed by atoms with Crippen molar-refractivity contribution in [3.63, 3.8) is 0 Å². The quantitative estimate of drug-likeness (QED) is 0.332. The van der Waals surface area contributed by atoms with Gasteiger partial charge < -0.3 is 4.74 Å². The monoisotopic (exact) mass is 355 g/mol. The Morgan fingerprint density at radius 2 is 1.81 bits per heavy atom. The van der Waals surface area contributed by atoms with Gasteiger partial charge in [0.05, 0.1) is 18.4 Å². The Labute approximate surface area is 131 Å². The molecule has 2 aliphatic carbocycles. The molecule has 2 amide bonds. The van der Waals surface area contributed by atoms with Crippen molar-refractivity contribution >= 4 is 33.7 Å². The summed E-state index contributed by atoms with van der Waals surface area (Å²) in [5.74, 6) is -0.543. The molecular formula is C15H18BrNO4. The van der Waals surface area contributed by atoms with Crippen molar-refractivity contribution in [3.05, 3.63) is 12.2 Å². The molecule has 3 rings (SSSR count). The fourth-order valence-corrected chi connectivity index (χ4v) is 3.70. The van der Waals surface area contributed by atoms with Gasteiger partial charge in [-0.3, -0.25) is 19.3 Å². The molecule has 4 unspecified atom stereocenters. The second kappa shape index (κ2) is 4.93. The third kappa shape index (κ3) is 2.33. The second-order valence-corrected chi connectivity index (χ2v) is 8.42. The molecule has 5 nitrogen and oxygen atoms in total. The molecule has 0 aromatic rings. The molecule has 1 saturated heterocycles. The van der Waals surface area contributed by atoms with Crippen LogP contribution in [0.25, 0.3) is 0 Å². The van der Waals surface area contributed by atoms with Gasteiger partial charge in [0.2, 0.25) is 11.8 Å². The highest BCUT2D eigenvalue weighted by atomic mass is 79.9. The van der Waals surface area contributed by atoms with Crippen LogP contribution in [-0.2, 0) is 19.1 Å². The molecule has 114 valence electrons. The molecule has 3 aliphatic rings. The van der Waals surface area contributed by atoms with Gasteiger partial charge in [-0.1, -0.05) is 28.1 Å². The number of hydrogen-bond donors (Lipinski definition) is 0. The molecule has 0 N–H and O–H groups in total. The number of halogens is 1. The minimum atomic E-state index is -0.758. The van der Waals surface area contributed by atoms with Crippen LogP contribution in [0, 0.1) is 23.7 Å². The summed E-state index contributed by atoms with van der Waals surface area (Å²) in [6, 6.07) is 0. The number of carbonyl (C=O) groups is 3. The maximum atomic E-state index is 12.4. The fourth-order valence-electron chi connectivity index (χ4n) is 3.59. The summed E-state index contributed by atoms with van der Waals surface area (Å²) < 4.78 is 4.35. The maximum absolute atomic E-state index is 12.4. The molecule has 0 radical (unpaired) electrons. The number of alkyl halides is 1. The Hall–Kier alpha value is -1.17. The van der Waals surface area contributed by atoms with Crippen LogP contribution in [0.3, 0.4) is 0 Å². The number of hydrogen-bond acceptors (Lipinski definition) is 4. The second-order valence-electron chi connectivity index (χ2n) is 6.44. The number of nitrogens with zero attached hydrogens (tertiary/aromatic N) is 1. The largest absolute Gasteiger partial charge is 0.463 e. The van der Waals surface area contributed by atoms with Gasteiger partial charge in [0.15, 0.2) is 0 Å². The Bertz CT molecular complexity index is 506. The summed E-state index contributed by atoms with van der Waals surface area (Å²) in [6.07, 6.45) is 5.05. The zero-order valence-electron chi connectivity index (χ0n) is 12.0. The normalized spacial score (nSPS) is 33.8. The minimum absolute atomic E-state index is 0.0492. The lowest BCUT2D eigenvalue weighted by atomic mass is 9.85. The number of carbonyl (C=O) groups excluding carboxylic acids is 3. The van der Waals surface area contributed by atoms with E-state index in [4.69, 9.17) is 4.74 Å². The van der Waals surface area contributed by atoms with E-state index in [1.54, 1.807) is 13.8 Å². The molecule has 1 saturated carbocycles.